The molecule has 1 N–H and O–H groups in total. The molecule has 106 valence electrons. The molecule has 1 amide bonds. The zero-order valence-corrected chi connectivity index (χ0v) is 14.1. The summed E-state index contributed by atoms with van der Waals surface area (Å²) in [6.07, 6.45) is 2.20. The molecule has 2 nitrogen and oxygen atoms in total. The molecule has 0 aromatic heterocycles. The average Bonchev–Trinajstić information content (AvgIpc) is 2.34. The van der Waals surface area contributed by atoms with Crippen LogP contribution in [0, 0.1) is 12.3 Å². The van der Waals surface area contributed by atoms with Crippen LogP contribution in [0.3, 0.4) is 0 Å². The van der Waals surface area contributed by atoms with Gasteiger partial charge in [0.2, 0.25) is 0 Å². The number of halogens is 2. The van der Waals surface area contributed by atoms with Gasteiger partial charge in [0.25, 0.3) is 5.91 Å². The molecular formula is C15H21BrClNO. The lowest BCUT2D eigenvalue weighted by Crippen LogP contribution is -2.34. The molecule has 1 rings (SSSR count). The van der Waals surface area contributed by atoms with Gasteiger partial charge in [-0.2, -0.15) is 0 Å². The molecule has 0 unspecified atom stereocenters. The number of amides is 1. The van der Waals surface area contributed by atoms with E-state index in [0.29, 0.717) is 17.1 Å². The Morgan fingerprint density at radius 3 is 2.68 bits per heavy atom. The molecule has 0 bridgehead atoms. The maximum atomic E-state index is 12.1. The van der Waals surface area contributed by atoms with Crippen LogP contribution < -0.4 is 5.32 Å². The van der Waals surface area contributed by atoms with Crippen molar-refractivity contribution >= 4 is 33.4 Å². The van der Waals surface area contributed by atoms with Crippen LogP contribution in [0.25, 0.3) is 0 Å². The van der Waals surface area contributed by atoms with Gasteiger partial charge < -0.3 is 5.32 Å². The van der Waals surface area contributed by atoms with Gasteiger partial charge in [0.1, 0.15) is 0 Å². The Kier molecular flexibility index (Phi) is 6.34. The molecule has 0 aliphatic rings. The molecule has 1 aromatic rings. The molecule has 0 atom stereocenters. The van der Waals surface area contributed by atoms with Crippen LogP contribution in [-0.4, -0.2) is 17.8 Å². The van der Waals surface area contributed by atoms with Gasteiger partial charge in [0, 0.05) is 22.5 Å². The number of benzene rings is 1. The molecule has 1 aromatic carbocycles. The second-order valence-corrected chi connectivity index (χ2v) is 6.83. The second kappa shape index (κ2) is 7.30. The minimum Gasteiger partial charge on any atom is -0.351 e. The normalized spacial score (nSPS) is 11.4. The van der Waals surface area contributed by atoms with Crippen LogP contribution in [0.1, 0.15) is 42.6 Å². The van der Waals surface area contributed by atoms with Crippen LogP contribution in [0.5, 0.6) is 0 Å². The summed E-state index contributed by atoms with van der Waals surface area (Å²) < 4.78 is 0. The second-order valence-electron chi connectivity index (χ2n) is 5.60. The van der Waals surface area contributed by atoms with Gasteiger partial charge in [-0.15, -0.1) is 0 Å². The SMILES string of the molecule is Cc1cc(Cl)ccc1C(=O)NCC(C)(C)CCCBr. The summed E-state index contributed by atoms with van der Waals surface area (Å²) in [6.45, 7) is 6.92. The predicted molar refractivity (Wildman–Crippen MR) is 85.3 cm³/mol. The number of hydrogen-bond donors (Lipinski definition) is 1. The van der Waals surface area contributed by atoms with Crippen molar-refractivity contribution in [2.45, 2.75) is 33.6 Å². The molecule has 0 radical (unpaired) electrons. The van der Waals surface area contributed by atoms with Crippen molar-refractivity contribution in [3.63, 3.8) is 0 Å². The van der Waals surface area contributed by atoms with Gasteiger partial charge in [0.15, 0.2) is 0 Å². The highest BCUT2D eigenvalue weighted by Crippen LogP contribution is 2.22. The van der Waals surface area contributed by atoms with E-state index in [1.165, 1.54) is 0 Å². The number of carbonyl (C=O) groups excluding carboxylic acids is 1. The third-order valence-corrected chi connectivity index (χ3v) is 3.94. The summed E-state index contributed by atoms with van der Waals surface area (Å²) >= 11 is 9.33. The molecule has 19 heavy (non-hydrogen) atoms. The first kappa shape index (κ1) is 16.5. The van der Waals surface area contributed by atoms with E-state index in [-0.39, 0.29) is 11.3 Å². The molecule has 0 aliphatic carbocycles. The monoisotopic (exact) mass is 345 g/mol. The molecule has 0 fully saturated rings. The smallest absolute Gasteiger partial charge is 0.251 e. The summed E-state index contributed by atoms with van der Waals surface area (Å²) in [5.74, 6) is -0.0268. The van der Waals surface area contributed by atoms with Gasteiger partial charge in [-0.1, -0.05) is 41.4 Å². The average molecular weight is 347 g/mol. The van der Waals surface area contributed by atoms with E-state index in [0.717, 1.165) is 23.7 Å². The Morgan fingerprint density at radius 1 is 1.42 bits per heavy atom. The predicted octanol–water partition coefficient (Wildman–Crippen LogP) is 4.58. The minimum atomic E-state index is -0.0268. The van der Waals surface area contributed by atoms with Gasteiger partial charge in [-0.05, 0) is 48.9 Å². The van der Waals surface area contributed by atoms with Gasteiger partial charge in [0.05, 0.1) is 0 Å². The van der Waals surface area contributed by atoms with E-state index in [1.54, 1.807) is 12.1 Å². The number of nitrogens with one attached hydrogen (secondary N) is 1. The number of alkyl halides is 1. The van der Waals surface area contributed by atoms with Crippen molar-refractivity contribution in [3.8, 4) is 0 Å². The van der Waals surface area contributed by atoms with Crippen molar-refractivity contribution in [1.82, 2.24) is 5.32 Å². The lowest BCUT2D eigenvalue weighted by atomic mass is 9.88. The van der Waals surface area contributed by atoms with Crippen molar-refractivity contribution < 1.29 is 4.79 Å². The molecule has 0 saturated carbocycles. The fourth-order valence-corrected chi connectivity index (χ4v) is 2.44. The zero-order valence-electron chi connectivity index (χ0n) is 11.7. The van der Waals surface area contributed by atoms with Crippen LogP contribution >= 0.6 is 27.5 Å². The molecule has 4 heteroatoms. The third-order valence-electron chi connectivity index (χ3n) is 3.15. The van der Waals surface area contributed by atoms with Crippen LogP contribution in [0.4, 0.5) is 0 Å². The highest BCUT2D eigenvalue weighted by atomic mass is 79.9. The van der Waals surface area contributed by atoms with E-state index in [2.05, 4.69) is 35.1 Å². The minimum absolute atomic E-state index is 0.0268. The summed E-state index contributed by atoms with van der Waals surface area (Å²) in [5.41, 5.74) is 1.72. The van der Waals surface area contributed by atoms with E-state index < -0.39 is 0 Å². The Hall–Kier alpha value is -0.540. The first-order valence-electron chi connectivity index (χ1n) is 6.46. The molecule has 0 heterocycles. The molecule has 0 spiro atoms. The number of rotatable bonds is 6. The fraction of sp³-hybridized carbons (Fsp3) is 0.533. The van der Waals surface area contributed by atoms with Crippen molar-refractivity contribution in [2.24, 2.45) is 5.41 Å². The molecule has 0 saturated heterocycles. The van der Waals surface area contributed by atoms with E-state index in [1.807, 2.05) is 13.0 Å². The first-order valence-corrected chi connectivity index (χ1v) is 7.96. The van der Waals surface area contributed by atoms with E-state index >= 15 is 0 Å². The van der Waals surface area contributed by atoms with Crippen LogP contribution in [0.15, 0.2) is 18.2 Å². The summed E-state index contributed by atoms with van der Waals surface area (Å²) in [6, 6.07) is 5.34. The standard InChI is InChI=1S/C15H21BrClNO/c1-11-9-12(17)5-6-13(11)14(19)18-10-15(2,3)7-4-8-16/h5-6,9H,4,7-8,10H2,1-3H3,(H,18,19). The maximum absolute atomic E-state index is 12.1. The summed E-state index contributed by atoms with van der Waals surface area (Å²) in [7, 11) is 0. The Morgan fingerprint density at radius 2 is 2.11 bits per heavy atom. The number of aryl methyl sites for hydroxylation is 1. The highest BCUT2D eigenvalue weighted by molar-refractivity contribution is 9.09. The lowest BCUT2D eigenvalue weighted by Gasteiger charge is -2.24. The first-order chi connectivity index (χ1) is 8.85. The zero-order chi connectivity index (χ0) is 14.5. The maximum Gasteiger partial charge on any atom is 0.251 e. The number of hydrogen-bond acceptors (Lipinski definition) is 1. The topological polar surface area (TPSA) is 29.1 Å². The Balaban J connectivity index is 2.60. The van der Waals surface area contributed by atoms with Gasteiger partial charge in [-0.25, -0.2) is 0 Å². The van der Waals surface area contributed by atoms with Gasteiger partial charge >= 0.3 is 0 Å². The Labute approximate surface area is 129 Å². The quantitative estimate of drug-likeness (QED) is 0.751. The third kappa shape index (κ3) is 5.53. The highest BCUT2D eigenvalue weighted by Gasteiger charge is 2.19. The fourth-order valence-electron chi connectivity index (χ4n) is 1.93. The Bertz CT molecular complexity index is 446. The van der Waals surface area contributed by atoms with Crippen molar-refractivity contribution in [2.75, 3.05) is 11.9 Å². The summed E-state index contributed by atoms with van der Waals surface area (Å²) in [5, 5.41) is 4.67. The van der Waals surface area contributed by atoms with Crippen LogP contribution in [-0.2, 0) is 0 Å². The van der Waals surface area contributed by atoms with E-state index in [4.69, 9.17) is 11.6 Å². The van der Waals surface area contributed by atoms with Crippen molar-refractivity contribution in [1.29, 1.82) is 0 Å². The molecular weight excluding hydrogens is 326 g/mol. The molecule has 0 aliphatic heterocycles. The number of carbonyl (C=O) groups is 1. The largest absolute Gasteiger partial charge is 0.351 e. The lowest BCUT2D eigenvalue weighted by molar-refractivity contribution is 0.0934. The van der Waals surface area contributed by atoms with Gasteiger partial charge in [-0.3, -0.25) is 4.79 Å². The van der Waals surface area contributed by atoms with Crippen molar-refractivity contribution in [3.05, 3.63) is 34.3 Å². The van der Waals surface area contributed by atoms with Crippen LogP contribution in [0.2, 0.25) is 5.02 Å². The van der Waals surface area contributed by atoms with E-state index in [9.17, 15) is 4.79 Å². The summed E-state index contributed by atoms with van der Waals surface area (Å²) in [4.78, 5) is 12.1.